The molecule has 2 aromatic heterocycles. The fourth-order valence-electron chi connectivity index (χ4n) is 4.04. The summed E-state index contributed by atoms with van der Waals surface area (Å²) < 4.78 is 55.5. The minimum absolute atomic E-state index is 0.0149. The quantitative estimate of drug-likeness (QED) is 0.640. The SMILES string of the molecule is COC(C)c1cc(-c2nccs2)c2oc(N3CC4CC(C3)N4)nc2c1OC(F)(F)F. The molecule has 0 amide bonds. The van der Waals surface area contributed by atoms with Crippen LogP contribution in [0.15, 0.2) is 22.1 Å². The number of aromatic nitrogens is 2. The van der Waals surface area contributed by atoms with Gasteiger partial charge in [-0.05, 0) is 19.4 Å². The van der Waals surface area contributed by atoms with Crippen molar-refractivity contribution in [1.29, 1.82) is 0 Å². The second kappa shape index (κ2) is 7.10. The largest absolute Gasteiger partial charge is 0.573 e. The van der Waals surface area contributed by atoms with Gasteiger partial charge in [-0.2, -0.15) is 4.98 Å². The third kappa shape index (κ3) is 3.40. The van der Waals surface area contributed by atoms with Crippen LogP contribution in [0, 0.1) is 0 Å². The maximum absolute atomic E-state index is 13.3. The van der Waals surface area contributed by atoms with Gasteiger partial charge in [0.25, 0.3) is 6.01 Å². The highest BCUT2D eigenvalue weighted by atomic mass is 32.1. The van der Waals surface area contributed by atoms with Crippen molar-refractivity contribution in [3.05, 3.63) is 23.2 Å². The molecule has 1 N–H and O–H groups in total. The van der Waals surface area contributed by atoms with Gasteiger partial charge in [-0.15, -0.1) is 24.5 Å². The zero-order valence-electron chi connectivity index (χ0n) is 16.2. The van der Waals surface area contributed by atoms with Crippen molar-refractivity contribution >= 4 is 28.5 Å². The topological polar surface area (TPSA) is 72.7 Å². The Hall–Kier alpha value is -2.37. The van der Waals surface area contributed by atoms with E-state index in [0.717, 1.165) is 6.42 Å². The number of piperazine rings is 1. The number of thiazole rings is 1. The zero-order valence-corrected chi connectivity index (χ0v) is 17.0. The molecule has 3 aliphatic rings. The van der Waals surface area contributed by atoms with E-state index in [2.05, 4.69) is 20.0 Å². The van der Waals surface area contributed by atoms with Crippen LogP contribution in [0.5, 0.6) is 5.75 Å². The minimum Gasteiger partial charge on any atom is -0.422 e. The van der Waals surface area contributed by atoms with Crippen LogP contribution in [0.3, 0.4) is 0 Å². The summed E-state index contributed by atoms with van der Waals surface area (Å²) in [7, 11) is 1.43. The first-order valence-corrected chi connectivity index (χ1v) is 10.4. The van der Waals surface area contributed by atoms with Crippen molar-refractivity contribution < 1.29 is 27.1 Å². The van der Waals surface area contributed by atoms with Gasteiger partial charge in [-0.3, -0.25) is 0 Å². The van der Waals surface area contributed by atoms with E-state index in [0.29, 0.717) is 35.7 Å². The fourth-order valence-corrected chi connectivity index (χ4v) is 4.69. The Labute approximate surface area is 173 Å². The average Bonchev–Trinajstić information content (AvgIpc) is 3.36. The maximum Gasteiger partial charge on any atom is 0.573 e. The lowest BCUT2D eigenvalue weighted by atomic mass is 9.92. The van der Waals surface area contributed by atoms with Gasteiger partial charge in [0.1, 0.15) is 5.01 Å². The first-order valence-electron chi connectivity index (χ1n) is 9.49. The lowest BCUT2D eigenvalue weighted by molar-refractivity contribution is -0.274. The number of hydrogen-bond donors (Lipinski definition) is 1. The number of hydrogen-bond acceptors (Lipinski definition) is 8. The molecule has 0 saturated carbocycles. The van der Waals surface area contributed by atoms with Crippen LogP contribution in [-0.2, 0) is 4.74 Å². The van der Waals surface area contributed by atoms with Crippen LogP contribution < -0.4 is 15.0 Å². The molecule has 3 aliphatic heterocycles. The van der Waals surface area contributed by atoms with Crippen molar-refractivity contribution in [2.75, 3.05) is 25.1 Å². The Morgan fingerprint density at radius 1 is 1.33 bits per heavy atom. The highest BCUT2D eigenvalue weighted by Gasteiger charge is 2.39. The number of piperidine rings is 1. The molecular weight excluding hydrogens is 421 g/mol. The molecule has 2 bridgehead atoms. The summed E-state index contributed by atoms with van der Waals surface area (Å²) in [6, 6.07) is 2.55. The summed E-state index contributed by atoms with van der Waals surface area (Å²) >= 11 is 1.36. The highest BCUT2D eigenvalue weighted by Crippen LogP contribution is 2.44. The van der Waals surface area contributed by atoms with Gasteiger partial charge < -0.3 is 24.1 Å². The first kappa shape index (κ1) is 19.6. The molecule has 5 heterocycles. The first-order chi connectivity index (χ1) is 14.3. The molecule has 11 heteroatoms. The van der Waals surface area contributed by atoms with Gasteiger partial charge in [0.2, 0.25) is 0 Å². The summed E-state index contributed by atoms with van der Waals surface area (Å²) in [6.07, 6.45) is -2.82. The van der Waals surface area contributed by atoms with Gasteiger partial charge in [0.05, 0.1) is 11.7 Å². The van der Waals surface area contributed by atoms with E-state index in [-0.39, 0.29) is 22.7 Å². The Morgan fingerprint density at radius 2 is 2.07 bits per heavy atom. The van der Waals surface area contributed by atoms with Gasteiger partial charge in [-0.1, -0.05) is 0 Å². The summed E-state index contributed by atoms with van der Waals surface area (Å²) in [5.41, 5.74) is 1.03. The monoisotopic (exact) mass is 440 g/mol. The summed E-state index contributed by atoms with van der Waals surface area (Å²) in [5, 5.41) is 5.82. The van der Waals surface area contributed by atoms with Crippen molar-refractivity contribution in [3.8, 4) is 16.3 Å². The number of methoxy groups -OCH3 is 1. The number of fused-ring (bicyclic) bond motifs is 3. The molecule has 3 aromatic rings. The fraction of sp³-hybridized carbons (Fsp3) is 0.474. The second-order valence-corrected chi connectivity index (χ2v) is 8.38. The Morgan fingerprint density at radius 3 is 2.67 bits per heavy atom. The summed E-state index contributed by atoms with van der Waals surface area (Å²) in [6.45, 7) is 3.03. The molecule has 0 aliphatic carbocycles. The standard InChI is InChI=1S/C19H19F3N4O3S/c1-9(27-2)12-6-13(17-23-3-4-30-17)15-14(16(12)29-19(20,21)22)25-18(28-15)26-7-10-5-11(8-26)24-10/h3-4,6,9-11,24H,5,7-8H2,1-2H3. The highest BCUT2D eigenvalue weighted by molar-refractivity contribution is 7.13. The number of alkyl halides is 3. The lowest BCUT2D eigenvalue weighted by Gasteiger charge is -2.47. The van der Waals surface area contributed by atoms with E-state index in [1.165, 1.54) is 18.4 Å². The molecule has 6 rings (SSSR count). The molecule has 3 atom stereocenters. The van der Waals surface area contributed by atoms with E-state index < -0.39 is 18.2 Å². The van der Waals surface area contributed by atoms with Crippen LogP contribution >= 0.6 is 11.3 Å². The van der Waals surface area contributed by atoms with E-state index in [9.17, 15) is 13.2 Å². The molecule has 0 radical (unpaired) electrons. The van der Waals surface area contributed by atoms with Crippen LogP contribution in [0.1, 0.15) is 25.0 Å². The molecule has 7 nitrogen and oxygen atoms in total. The van der Waals surface area contributed by atoms with Gasteiger partial charge in [0, 0.05) is 49.4 Å². The smallest absolute Gasteiger partial charge is 0.422 e. The molecular formula is C19H19F3N4O3S. The van der Waals surface area contributed by atoms with E-state index >= 15 is 0 Å². The number of anilines is 1. The van der Waals surface area contributed by atoms with Crippen molar-refractivity contribution in [3.63, 3.8) is 0 Å². The Bertz CT molecular complexity index is 1050. The van der Waals surface area contributed by atoms with E-state index in [1.807, 2.05) is 4.90 Å². The average molecular weight is 440 g/mol. The third-order valence-electron chi connectivity index (χ3n) is 5.50. The van der Waals surface area contributed by atoms with Crippen LogP contribution in [0.25, 0.3) is 21.7 Å². The Kier molecular flexibility index (Phi) is 4.64. The van der Waals surface area contributed by atoms with Crippen molar-refractivity contribution in [2.45, 2.75) is 37.9 Å². The number of oxazole rings is 1. The minimum atomic E-state index is -4.88. The number of nitrogens with zero attached hydrogens (tertiary/aromatic N) is 3. The summed E-state index contributed by atoms with van der Waals surface area (Å²) in [5.74, 6) is -0.401. The number of halogens is 3. The van der Waals surface area contributed by atoms with Gasteiger partial charge in [0.15, 0.2) is 16.8 Å². The maximum atomic E-state index is 13.3. The predicted octanol–water partition coefficient (Wildman–Crippen LogP) is 4.11. The summed E-state index contributed by atoms with van der Waals surface area (Å²) in [4.78, 5) is 10.7. The predicted molar refractivity (Wildman–Crippen MR) is 105 cm³/mol. The molecule has 0 spiro atoms. The molecule has 3 saturated heterocycles. The zero-order chi connectivity index (χ0) is 21.0. The number of ether oxygens (including phenoxy) is 2. The Balaban J connectivity index is 1.71. The molecule has 160 valence electrons. The molecule has 3 unspecified atom stereocenters. The van der Waals surface area contributed by atoms with Crippen molar-refractivity contribution in [2.24, 2.45) is 0 Å². The van der Waals surface area contributed by atoms with Crippen LogP contribution in [0.2, 0.25) is 0 Å². The van der Waals surface area contributed by atoms with E-state index in [1.54, 1.807) is 24.6 Å². The van der Waals surface area contributed by atoms with Crippen LogP contribution in [0.4, 0.5) is 19.2 Å². The number of rotatable bonds is 5. The van der Waals surface area contributed by atoms with Gasteiger partial charge >= 0.3 is 6.36 Å². The molecule has 3 fully saturated rings. The van der Waals surface area contributed by atoms with E-state index in [4.69, 9.17) is 9.15 Å². The lowest BCUT2D eigenvalue weighted by Crippen LogP contribution is -2.67. The third-order valence-corrected chi connectivity index (χ3v) is 6.31. The number of benzene rings is 1. The normalized spacial score (nSPS) is 22.2. The van der Waals surface area contributed by atoms with Crippen molar-refractivity contribution in [1.82, 2.24) is 15.3 Å². The molecule has 1 aromatic carbocycles. The van der Waals surface area contributed by atoms with Crippen LogP contribution in [-0.4, -0.2) is 48.6 Å². The van der Waals surface area contributed by atoms with Gasteiger partial charge in [-0.25, -0.2) is 4.98 Å². The second-order valence-electron chi connectivity index (χ2n) is 7.48. The number of nitrogens with one attached hydrogen (secondary N) is 1. The molecule has 30 heavy (non-hydrogen) atoms.